The predicted octanol–water partition coefficient (Wildman–Crippen LogP) is 3.75. The normalized spacial score (nSPS) is 26.7. The van der Waals surface area contributed by atoms with Gasteiger partial charge in [-0.05, 0) is 42.6 Å². The number of ketones is 1. The number of hydrogen-bond acceptors (Lipinski definition) is 7. The maximum absolute atomic E-state index is 13.1. The van der Waals surface area contributed by atoms with Gasteiger partial charge in [0.1, 0.15) is 12.5 Å². The molecular formula is C31H42O7Si. The van der Waals surface area contributed by atoms with Gasteiger partial charge in [0.25, 0.3) is 8.32 Å². The lowest BCUT2D eigenvalue weighted by atomic mass is 9.70. The zero-order chi connectivity index (χ0) is 28.5. The van der Waals surface area contributed by atoms with Gasteiger partial charge in [0.05, 0.1) is 24.2 Å². The van der Waals surface area contributed by atoms with E-state index in [1.165, 1.54) is 10.4 Å². The Labute approximate surface area is 232 Å². The lowest BCUT2D eigenvalue weighted by Crippen LogP contribution is -2.69. The fraction of sp³-hybridized carbons (Fsp3) is 0.548. The van der Waals surface area contributed by atoms with E-state index in [9.17, 15) is 14.7 Å². The molecule has 0 saturated carbocycles. The number of esters is 1. The Morgan fingerprint density at radius 3 is 2.10 bits per heavy atom. The molecule has 2 aromatic rings. The quantitative estimate of drug-likeness (QED) is 0.373. The fourth-order valence-corrected chi connectivity index (χ4v) is 10.7. The van der Waals surface area contributed by atoms with Crippen molar-refractivity contribution in [3.63, 3.8) is 0 Å². The van der Waals surface area contributed by atoms with E-state index < -0.39 is 37.7 Å². The molecule has 2 aliphatic heterocycles. The zero-order valence-corrected chi connectivity index (χ0v) is 24.9. The first kappa shape index (κ1) is 29.6. The van der Waals surface area contributed by atoms with Crippen LogP contribution in [0.3, 0.4) is 0 Å². The lowest BCUT2D eigenvalue weighted by molar-refractivity contribution is -0.376. The highest BCUT2D eigenvalue weighted by Gasteiger charge is 2.64. The van der Waals surface area contributed by atoms with Crippen molar-refractivity contribution < 1.29 is 33.3 Å². The number of fused-ring (bicyclic) bond motifs is 2. The molecule has 2 aromatic carbocycles. The van der Waals surface area contributed by atoms with E-state index in [0.717, 1.165) is 0 Å². The summed E-state index contributed by atoms with van der Waals surface area (Å²) in [6.45, 7) is 12.4. The fourth-order valence-electron chi connectivity index (χ4n) is 6.10. The number of carbonyl (C=O) groups is 2. The van der Waals surface area contributed by atoms with Crippen molar-refractivity contribution in [3.8, 4) is 0 Å². The van der Waals surface area contributed by atoms with Gasteiger partial charge in [0.2, 0.25) is 0 Å². The molecule has 0 amide bonds. The van der Waals surface area contributed by atoms with E-state index in [-0.39, 0.29) is 30.0 Å². The minimum Gasteiger partial charge on any atom is -0.466 e. The third kappa shape index (κ3) is 5.37. The van der Waals surface area contributed by atoms with Crippen molar-refractivity contribution >= 4 is 30.4 Å². The van der Waals surface area contributed by atoms with E-state index in [4.69, 9.17) is 18.6 Å². The first-order chi connectivity index (χ1) is 18.4. The molecule has 0 spiro atoms. The third-order valence-corrected chi connectivity index (χ3v) is 13.3. The molecule has 2 bridgehead atoms. The largest absolute Gasteiger partial charge is 0.466 e. The number of aliphatic hydroxyl groups is 1. The monoisotopic (exact) mass is 554 g/mol. The third-order valence-electron chi connectivity index (χ3n) is 8.24. The smallest absolute Gasteiger partial charge is 0.311 e. The molecule has 2 fully saturated rings. The second-order valence-corrected chi connectivity index (χ2v) is 16.4. The van der Waals surface area contributed by atoms with Crippen molar-refractivity contribution in [1.82, 2.24) is 0 Å². The Balaban J connectivity index is 1.62. The first-order valence-corrected chi connectivity index (χ1v) is 15.8. The van der Waals surface area contributed by atoms with Crippen LogP contribution in [0.25, 0.3) is 0 Å². The number of ether oxygens (including phenoxy) is 3. The molecule has 39 heavy (non-hydrogen) atoms. The van der Waals surface area contributed by atoms with Gasteiger partial charge in [0, 0.05) is 13.0 Å². The summed E-state index contributed by atoms with van der Waals surface area (Å²) in [7, 11) is -2.74. The van der Waals surface area contributed by atoms with Crippen LogP contribution in [0, 0.1) is 5.41 Å². The van der Waals surface area contributed by atoms with Crippen LogP contribution in [0.1, 0.15) is 60.8 Å². The summed E-state index contributed by atoms with van der Waals surface area (Å²) in [6, 6.07) is 20.9. The average Bonchev–Trinajstić information content (AvgIpc) is 2.90. The van der Waals surface area contributed by atoms with E-state index in [1.807, 2.05) is 12.1 Å². The van der Waals surface area contributed by atoms with Gasteiger partial charge in [-0.1, -0.05) is 81.4 Å². The summed E-state index contributed by atoms with van der Waals surface area (Å²) < 4.78 is 24.9. The van der Waals surface area contributed by atoms with Crippen LogP contribution in [-0.4, -0.2) is 62.5 Å². The maximum atomic E-state index is 13.1. The molecule has 2 heterocycles. The summed E-state index contributed by atoms with van der Waals surface area (Å²) in [5, 5.41) is 13.0. The highest BCUT2D eigenvalue weighted by atomic mass is 28.4. The minimum atomic E-state index is -2.74. The minimum absolute atomic E-state index is 0.168. The van der Waals surface area contributed by atoms with Gasteiger partial charge in [-0.2, -0.15) is 0 Å². The van der Waals surface area contributed by atoms with Crippen molar-refractivity contribution in [1.29, 1.82) is 0 Å². The second kappa shape index (κ2) is 11.3. The van der Waals surface area contributed by atoms with Gasteiger partial charge in [-0.15, -0.1) is 0 Å². The Bertz CT molecular complexity index is 1110. The standard InChI is InChI=1S/C31H42O7Si/c1-7-35-26(32)21-31-30(5,6)28(34)27(33)25(38-31)20-22(37-31)18-19-36-39(29(2,3)4,23-14-10-8-11-15-23)24-16-12-9-13-17-24/h8-17,22,25,27,33H,7,18-21H2,1-6H3/t22-,25+,27+,31+/m0/s1. The van der Waals surface area contributed by atoms with Gasteiger partial charge < -0.3 is 23.7 Å². The molecule has 4 atom stereocenters. The molecule has 2 saturated heterocycles. The SMILES string of the molecule is CCOC(=O)C[C@@]12O[C@@H](CCO[Si](c3ccccc3)(c3ccccc3)C(C)(C)C)C[C@@H](O1)[C@@H](O)C(=O)C2(C)C. The average molecular weight is 555 g/mol. The number of aliphatic hydroxyl groups excluding tert-OH is 1. The first-order valence-electron chi connectivity index (χ1n) is 13.9. The van der Waals surface area contributed by atoms with Crippen molar-refractivity contribution in [2.45, 2.75) is 89.9 Å². The Hall–Kier alpha value is -2.36. The summed E-state index contributed by atoms with van der Waals surface area (Å²) in [6.07, 6.45) is -1.79. The van der Waals surface area contributed by atoms with E-state index in [1.54, 1.807) is 20.8 Å². The Morgan fingerprint density at radius 2 is 1.59 bits per heavy atom. The van der Waals surface area contributed by atoms with E-state index >= 15 is 0 Å². The van der Waals surface area contributed by atoms with E-state index in [2.05, 4.69) is 69.3 Å². The Kier molecular flexibility index (Phi) is 8.55. The van der Waals surface area contributed by atoms with Gasteiger partial charge in [-0.3, -0.25) is 9.59 Å². The number of carbonyl (C=O) groups excluding carboxylic acids is 2. The molecule has 0 radical (unpaired) electrons. The molecule has 0 aromatic heterocycles. The van der Waals surface area contributed by atoms with E-state index in [0.29, 0.717) is 19.4 Å². The van der Waals surface area contributed by atoms with Gasteiger partial charge in [0.15, 0.2) is 11.6 Å². The molecule has 8 heteroatoms. The predicted molar refractivity (Wildman–Crippen MR) is 151 cm³/mol. The summed E-state index contributed by atoms with van der Waals surface area (Å²) >= 11 is 0. The molecule has 0 unspecified atom stereocenters. The zero-order valence-electron chi connectivity index (χ0n) is 23.9. The van der Waals surface area contributed by atoms with Crippen LogP contribution in [0.2, 0.25) is 5.04 Å². The molecule has 0 aliphatic carbocycles. The molecule has 2 aliphatic rings. The Morgan fingerprint density at radius 1 is 1.03 bits per heavy atom. The maximum Gasteiger partial charge on any atom is 0.311 e. The van der Waals surface area contributed by atoms with Crippen LogP contribution in [0.5, 0.6) is 0 Å². The van der Waals surface area contributed by atoms with Crippen LogP contribution < -0.4 is 10.4 Å². The number of Topliss-reactive ketones (excluding diaryl/α,β-unsaturated/α-hetero) is 1. The number of benzene rings is 2. The second-order valence-electron chi connectivity index (χ2n) is 12.1. The van der Waals surface area contributed by atoms with Crippen LogP contribution in [-0.2, 0) is 28.2 Å². The highest BCUT2D eigenvalue weighted by molar-refractivity contribution is 6.99. The molecule has 7 nitrogen and oxygen atoms in total. The molecular weight excluding hydrogens is 512 g/mol. The van der Waals surface area contributed by atoms with Crippen molar-refractivity contribution in [2.75, 3.05) is 13.2 Å². The summed E-state index contributed by atoms with van der Waals surface area (Å²) in [4.78, 5) is 25.7. The molecule has 4 rings (SSSR count). The van der Waals surface area contributed by atoms with Crippen molar-refractivity contribution in [3.05, 3.63) is 60.7 Å². The molecule has 212 valence electrons. The van der Waals surface area contributed by atoms with Crippen LogP contribution in [0.15, 0.2) is 60.7 Å². The topological polar surface area (TPSA) is 91.3 Å². The molecule has 1 N–H and O–H groups in total. The summed E-state index contributed by atoms with van der Waals surface area (Å²) in [5.41, 5.74) is -1.24. The van der Waals surface area contributed by atoms with Crippen LogP contribution in [0.4, 0.5) is 0 Å². The number of hydrogen-bond donors (Lipinski definition) is 1. The van der Waals surface area contributed by atoms with Gasteiger partial charge >= 0.3 is 5.97 Å². The van der Waals surface area contributed by atoms with Crippen LogP contribution >= 0.6 is 0 Å². The van der Waals surface area contributed by atoms with Crippen molar-refractivity contribution in [2.24, 2.45) is 5.41 Å². The summed E-state index contributed by atoms with van der Waals surface area (Å²) in [5.74, 6) is -2.40. The van der Waals surface area contributed by atoms with Gasteiger partial charge in [-0.25, -0.2) is 0 Å². The highest BCUT2D eigenvalue weighted by Crippen LogP contribution is 2.50. The lowest BCUT2D eigenvalue weighted by Gasteiger charge is -2.56. The number of rotatable bonds is 9.